The second kappa shape index (κ2) is 10.4. The number of carbonyl (C=O) groups excluding carboxylic acids is 1. The van der Waals surface area contributed by atoms with Gasteiger partial charge in [0.1, 0.15) is 23.8 Å². The van der Waals surface area contributed by atoms with E-state index in [2.05, 4.69) is 5.48 Å². The molecule has 2 aromatic carbocycles. The van der Waals surface area contributed by atoms with Crippen molar-refractivity contribution in [1.29, 1.82) is 0 Å². The average Bonchev–Trinajstić information content (AvgIpc) is 2.66. The van der Waals surface area contributed by atoms with Crippen LogP contribution in [0.25, 0.3) is 0 Å². The minimum absolute atomic E-state index is 0.282. The number of benzene rings is 2. The van der Waals surface area contributed by atoms with E-state index in [0.29, 0.717) is 12.4 Å². The zero-order valence-corrected chi connectivity index (χ0v) is 16.4. The minimum Gasteiger partial charge on any atom is -0.488 e. The maximum atomic E-state index is 12.5. The number of ether oxygens (including phenoxy) is 2. The number of allylic oxidation sites excluding steroid dienone is 1. The van der Waals surface area contributed by atoms with Crippen LogP contribution in [-0.4, -0.2) is 13.1 Å². The Kier molecular flexibility index (Phi) is 7.89. The highest BCUT2D eigenvalue weighted by molar-refractivity contribution is 5.89. The molecule has 5 heteroatoms. The maximum Gasteiger partial charge on any atom is 0.361 e. The smallest absolute Gasteiger partial charge is 0.361 e. The van der Waals surface area contributed by atoms with Crippen LogP contribution in [0.4, 0.5) is 0 Å². The van der Waals surface area contributed by atoms with Crippen molar-refractivity contribution in [2.45, 2.75) is 40.2 Å². The van der Waals surface area contributed by atoms with Crippen LogP contribution in [0.2, 0.25) is 0 Å². The molecule has 0 saturated heterocycles. The van der Waals surface area contributed by atoms with Crippen molar-refractivity contribution in [2.75, 3.05) is 7.11 Å². The number of unbranched alkanes of at least 4 members (excludes halogenated alkanes) is 1. The third-order valence-corrected chi connectivity index (χ3v) is 3.97. The monoisotopic (exact) mass is 369 g/mol. The zero-order valence-electron chi connectivity index (χ0n) is 16.4. The molecule has 0 aliphatic heterocycles. The molecule has 0 aliphatic rings. The Morgan fingerprint density at radius 3 is 2.63 bits per heavy atom. The number of para-hydroxylation sites is 1. The van der Waals surface area contributed by atoms with Crippen LogP contribution in [0.3, 0.4) is 0 Å². The highest BCUT2D eigenvalue weighted by Gasteiger charge is 2.15. The number of hydroxylamine groups is 1. The lowest BCUT2D eigenvalue weighted by atomic mass is 10.1. The van der Waals surface area contributed by atoms with Crippen LogP contribution in [-0.2, 0) is 16.2 Å². The third-order valence-electron chi connectivity index (χ3n) is 3.97. The van der Waals surface area contributed by atoms with E-state index in [0.717, 1.165) is 35.3 Å². The summed E-state index contributed by atoms with van der Waals surface area (Å²) < 4.78 is 11.5. The van der Waals surface area contributed by atoms with E-state index in [4.69, 9.17) is 14.3 Å². The number of carbonyl (C=O) groups is 1. The molecule has 0 aliphatic carbocycles. The molecule has 5 nitrogen and oxygen atoms in total. The van der Waals surface area contributed by atoms with Crippen LogP contribution in [0.1, 0.15) is 36.5 Å². The number of rotatable bonds is 9. The van der Waals surface area contributed by atoms with E-state index < -0.39 is 5.97 Å². The normalized spacial score (nSPS) is 11.2. The Morgan fingerprint density at radius 1 is 1.11 bits per heavy atom. The molecule has 0 amide bonds. The second-order valence-electron chi connectivity index (χ2n) is 6.27. The molecular weight excluding hydrogens is 342 g/mol. The molecule has 2 aromatic rings. The van der Waals surface area contributed by atoms with Crippen molar-refractivity contribution in [3.63, 3.8) is 0 Å². The van der Waals surface area contributed by atoms with E-state index in [-0.39, 0.29) is 5.70 Å². The molecule has 0 aromatic heterocycles. The first-order valence-corrected chi connectivity index (χ1v) is 9.04. The Morgan fingerprint density at radius 2 is 1.89 bits per heavy atom. The van der Waals surface area contributed by atoms with Gasteiger partial charge in [0.15, 0.2) is 0 Å². The number of aryl methyl sites for hydroxylation is 2. The van der Waals surface area contributed by atoms with Crippen molar-refractivity contribution < 1.29 is 19.1 Å². The highest BCUT2D eigenvalue weighted by Crippen LogP contribution is 2.24. The van der Waals surface area contributed by atoms with Crippen molar-refractivity contribution in [2.24, 2.45) is 0 Å². The van der Waals surface area contributed by atoms with Gasteiger partial charge in [0.05, 0.1) is 7.11 Å². The van der Waals surface area contributed by atoms with Crippen LogP contribution in [0.5, 0.6) is 11.5 Å². The number of nitrogens with one attached hydrogen (secondary N) is 1. The Labute approximate surface area is 160 Å². The van der Waals surface area contributed by atoms with Crippen LogP contribution in [0.15, 0.2) is 54.2 Å². The Bertz CT molecular complexity index is 799. The van der Waals surface area contributed by atoms with E-state index in [9.17, 15) is 4.79 Å². The molecule has 2 rings (SSSR count). The molecular formula is C22H27NO4. The van der Waals surface area contributed by atoms with Crippen molar-refractivity contribution in [1.82, 2.24) is 5.48 Å². The van der Waals surface area contributed by atoms with E-state index in [1.807, 2.05) is 57.2 Å². The van der Waals surface area contributed by atoms with Crippen molar-refractivity contribution in [3.05, 3.63) is 70.9 Å². The maximum absolute atomic E-state index is 12.5. The number of hydrogen-bond donors (Lipinski definition) is 1. The first-order chi connectivity index (χ1) is 13.0. The Hall–Kier alpha value is -2.79. The SMILES string of the molecule is CCCC=C(NOC)C(=O)Oc1ccccc1COc1cc(C)ccc1C. The predicted octanol–water partition coefficient (Wildman–Crippen LogP) is 4.62. The fourth-order valence-electron chi connectivity index (χ4n) is 2.46. The van der Waals surface area contributed by atoms with Crippen LogP contribution < -0.4 is 15.0 Å². The molecule has 144 valence electrons. The lowest BCUT2D eigenvalue weighted by Crippen LogP contribution is -2.24. The molecule has 1 N–H and O–H groups in total. The minimum atomic E-state index is -0.496. The molecule has 0 saturated carbocycles. The first-order valence-electron chi connectivity index (χ1n) is 9.04. The van der Waals surface area contributed by atoms with Gasteiger partial charge in [-0.3, -0.25) is 10.3 Å². The third kappa shape index (κ3) is 6.15. The summed E-state index contributed by atoms with van der Waals surface area (Å²) in [5.41, 5.74) is 5.85. The summed E-state index contributed by atoms with van der Waals surface area (Å²) in [6.07, 6.45) is 3.43. The standard InChI is InChI=1S/C22H27NO4/c1-5-6-10-19(23-25-4)22(24)27-20-11-8-7-9-18(20)15-26-21-14-16(2)12-13-17(21)3/h7-14,23H,5-6,15H2,1-4H3. The highest BCUT2D eigenvalue weighted by atomic mass is 16.6. The molecule has 0 atom stereocenters. The lowest BCUT2D eigenvalue weighted by molar-refractivity contribution is -0.132. The summed E-state index contributed by atoms with van der Waals surface area (Å²) in [6, 6.07) is 13.4. The van der Waals surface area contributed by atoms with E-state index in [1.165, 1.54) is 7.11 Å². The van der Waals surface area contributed by atoms with Gasteiger partial charge in [-0.1, -0.05) is 49.8 Å². The summed E-state index contributed by atoms with van der Waals surface area (Å²) in [7, 11) is 1.46. The summed E-state index contributed by atoms with van der Waals surface area (Å²) in [6.45, 7) is 6.36. The van der Waals surface area contributed by atoms with Crippen LogP contribution in [0, 0.1) is 13.8 Å². The van der Waals surface area contributed by atoms with Crippen LogP contribution >= 0.6 is 0 Å². The second-order valence-corrected chi connectivity index (χ2v) is 6.27. The first kappa shape index (κ1) is 20.5. The number of hydrogen-bond acceptors (Lipinski definition) is 5. The van der Waals surface area contributed by atoms with Gasteiger partial charge in [0, 0.05) is 5.56 Å². The molecule has 27 heavy (non-hydrogen) atoms. The molecule has 0 heterocycles. The molecule has 0 spiro atoms. The van der Waals surface area contributed by atoms with E-state index >= 15 is 0 Å². The lowest BCUT2D eigenvalue weighted by Gasteiger charge is -2.14. The molecule has 0 radical (unpaired) electrons. The van der Waals surface area contributed by atoms with Gasteiger partial charge in [-0.15, -0.1) is 0 Å². The molecule has 0 bridgehead atoms. The van der Waals surface area contributed by atoms with Crippen molar-refractivity contribution >= 4 is 5.97 Å². The predicted molar refractivity (Wildman–Crippen MR) is 105 cm³/mol. The fourth-order valence-corrected chi connectivity index (χ4v) is 2.46. The summed E-state index contributed by atoms with van der Waals surface area (Å²) >= 11 is 0. The van der Waals surface area contributed by atoms with Gasteiger partial charge in [-0.05, 0) is 43.5 Å². The Balaban J connectivity index is 2.12. The van der Waals surface area contributed by atoms with Gasteiger partial charge >= 0.3 is 5.97 Å². The van der Waals surface area contributed by atoms with E-state index in [1.54, 1.807) is 12.1 Å². The van der Waals surface area contributed by atoms with Gasteiger partial charge in [0.2, 0.25) is 0 Å². The quantitative estimate of drug-likeness (QED) is 0.302. The zero-order chi connectivity index (χ0) is 19.6. The topological polar surface area (TPSA) is 56.8 Å². The van der Waals surface area contributed by atoms with Gasteiger partial charge in [-0.25, -0.2) is 4.79 Å². The largest absolute Gasteiger partial charge is 0.488 e. The average molecular weight is 369 g/mol. The van der Waals surface area contributed by atoms with Gasteiger partial charge in [-0.2, -0.15) is 0 Å². The summed E-state index contributed by atoms with van der Waals surface area (Å²) in [5.74, 6) is 0.790. The van der Waals surface area contributed by atoms with Crippen molar-refractivity contribution in [3.8, 4) is 11.5 Å². The number of esters is 1. The summed E-state index contributed by atoms with van der Waals surface area (Å²) in [5, 5.41) is 0. The van der Waals surface area contributed by atoms with Gasteiger partial charge in [0.25, 0.3) is 0 Å². The van der Waals surface area contributed by atoms with Gasteiger partial charge < -0.3 is 9.47 Å². The summed E-state index contributed by atoms with van der Waals surface area (Å²) in [4.78, 5) is 17.3. The molecule has 0 unspecified atom stereocenters. The fraction of sp³-hybridized carbons (Fsp3) is 0.318. The molecule has 0 fully saturated rings.